The molecule has 0 fully saturated rings. The van der Waals surface area contributed by atoms with Gasteiger partial charge in [-0.15, -0.1) is 0 Å². The van der Waals surface area contributed by atoms with Gasteiger partial charge in [0.15, 0.2) is 0 Å². The van der Waals surface area contributed by atoms with Gasteiger partial charge in [-0.2, -0.15) is 0 Å². The molecule has 0 aliphatic heterocycles. The van der Waals surface area contributed by atoms with Crippen LogP contribution in [0, 0.1) is 12.7 Å². The molecule has 0 aliphatic carbocycles. The molecule has 2 aromatic rings. The molecule has 1 aromatic carbocycles. The van der Waals surface area contributed by atoms with Gasteiger partial charge >= 0.3 is 0 Å². The van der Waals surface area contributed by atoms with Crippen LogP contribution in [0.25, 0.3) is 0 Å². The van der Waals surface area contributed by atoms with Gasteiger partial charge in [-0.05, 0) is 37.6 Å². The molecule has 1 heterocycles. The van der Waals surface area contributed by atoms with Crippen LogP contribution >= 0.6 is 0 Å². The van der Waals surface area contributed by atoms with Gasteiger partial charge in [0.2, 0.25) is 0 Å². The fourth-order valence-electron chi connectivity index (χ4n) is 2.08. The molecule has 0 amide bonds. The molecule has 0 radical (unpaired) electrons. The molecule has 4 heteroatoms. The van der Waals surface area contributed by atoms with Crippen LogP contribution in [0.5, 0.6) is 0 Å². The Kier molecular flexibility index (Phi) is 4.58. The molecule has 1 unspecified atom stereocenters. The maximum absolute atomic E-state index is 13.7. The molecule has 1 atom stereocenters. The number of aromatic nitrogens is 2. The first-order chi connectivity index (χ1) is 9.20. The van der Waals surface area contributed by atoms with E-state index in [-0.39, 0.29) is 11.9 Å². The number of aryl methyl sites for hydroxylation is 1. The van der Waals surface area contributed by atoms with E-state index in [9.17, 15) is 4.39 Å². The van der Waals surface area contributed by atoms with Crippen LogP contribution < -0.4 is 5.32 Å². The van der Waals surface area contributed by atoms with Gasteiger partial charge < -0.3 is 5.32 Å². The normalized spacial score (nSPS) is 12.4. The van der Waals surface area contributed by atoms with Gasteiger partial charge in [-0.1, -0.05) is 25.1 Å². The van der Waals surface area contributed by atoms with Gasteiger partial charge in [-0.3, -0.25) is 0 Å². The Labute approximate surface area is 112 Å². The zero-order valence-corrected chi connectivity index (χ0v) is 11.2. The highest BCUT2D eigenvalue weighted by Gasteiger charge is 2.14. The van der Waals surface area contributed by atoms with Gasteiger partial charge in [0.05, 0.1) is 11.7 Å². The first-order valence-electron chi connectivity index (χ1n) is 6.47. The Morgan fingerprint density at radius 3 is 2.74 bits per heavy atom. The molecule has 1 N–H and O–H groups in total. The zero-order valence-electron chi connectivity index (χ0n) is 11.2. The molecule has 19 heavy (non-hydrogen) atoms. The second-order valence-electron chi connectivity index (χ2n) is 4.43. The van der Waals surface area contributed by atoms with Crippen LogP contribution in [0.2, 0.25) is 0 Å². The summed E-state index contributed by atoms with van der Waals surface area (Å²) in [6, 6.07) is 8.74. The number of nitrogens with zero attached hydrogens (tertiary/aromatic N) is 2. The van der Waals surface area contributed by atoms with E-state index in [1.807, 2.05) is 32.0 Å². The molecule has 2 rings (SSSR count). The number of halogens is 1. The van der Waals surface area contributed by atoms with Gasteiger partial charge in [-0.25, -0.2) is 14.4 Å². The Morgan fingerprint density at radius 2 is 2.05 bits per heavy atom. The maximum atomic E-state index is 13.7. The lowest BCUT2D eigenvalue weighted by Gasteiger charge is -2.18. The van der Waals surface area contributed by atoms with Crippen LogP contribution in [0.15, 0.2) is 36.5 Å². The minimum atomic E-state index is -0.170. The molecular weight excluding hydrogens is 241 g/mol. The van der Waals surface area contributed by atoms with Crippen molar-refractivity contribution in [1.82, 2.24) is 15.3 Å². The van der Waals surface area contributed by atoms with Crippen LogP contribution in [-0.4, -0.2) is 16.5 Å². The average Bonchev–Trinajstić information content (AvgIpc) is 2.40. The predicted molar refractivity (Wildman–Crippen MR) is 73.3 cm³/mol. The lowest BCUT2D eigenvalue weighted by atomic mass is 10.0. The third-order valence-corrected chi connectivity index (χ3v) is 2.99. The van der Waals surface area contributed by atoms with E-state index in [4.69, 9.17) is 0 Å². The van der Waals surface area contributed by atoms with Crippen molar-refractivity contribution >= 4 is 0 Å². The third-order valence-electron chi connectivity index (χ3n) is 2.99. The SMILES string of the molecule is CCNC(Cc1ccccc1F)c1ccnc(C)n1. The van der Waals surface area contributed by atoms with Crippen molar-refractivity contribution in [3.63, 3.8) is 0 Å². The molecule has 0 bridgehead atoms. The summed E-state index contributed by atoms with van der Waals surface area (Å²) in [5.41, 5.74) is 1.60. The highest BCUT2D eigenvalue weighted by atomic mass is 19.1. The first kappa shape index (κ1) is 13.6. The van der Waals surface area contributed by atoms with E-state index in [1.54, 1.807) is 12.3 Å². The fraction of sp³-hybridized carbons (Fsp3) is 0.333. The standard InChI is InChI=1S/C15H18FN3/c1-3-17-15(14-8-9-18-11(2)19-14)10-12-6-4-5-7-13(12)16/h4-9,15,17H,3,10H2,1-2H3. The van der Waals surface area contributed by atoms with Crippen molar-refractivity contribution in [2.24, 2.45) is 0 Å². The Hall–Kier alpha value is -1.81. The fourth-order valence-corrected chi connectivity index (χ4v) is 2.08. The summed E-state index contributed by atoms with van der Waals surface area (Å²) in [4.78, 5) is 8.52. The number of rotatable bonds is 5. The van der Waals surface area contributed by atoms with Gasteiger partial charge in [0.1, 0.15) is 11.6 Å². The van der Waals surface area contributed by atoms with E-state index in [0.29, 0.717) is 12.0 Å². The Morgan fingerprint density at radius 1 is 1.26 bits per heavy atom. The van der Waals surface area contributed by atoms with Crippen molar-refractivity contribution in [1.29, 1.82) is 0 Å². The lowest BCUT2D eigenvalue weighted by molar-refractivity contribution is 0.516. The van der Waals surface area contributed by atoms with E-state index in [2.05, 4.69) is 15.3 Å². The number of likely N-dealkylation sites (N-methyl/N-ethyl adjacent to an activating group) is 1. The Balaban J connectivity index is 2.24. The summed E-state index contributed by atoms with van der Waals surface area (Å²) in [6.45, 7) is 4.69. The van der Waals surface area contributed by atoms with Crippen LogP contribution in [0.3, 0.4) is 0 Å². The van der Waals surface area contributed by atoms with Crippen molar-refractivity contribution in [2.75, 3.05) is 6.54 Å². The molecule has 100 valence electrons. The number of nitrogens with one attached hydrogen (secondary N) is 1. The minimum Gasteiger partial charge on any atom is -0.309 e. The minimum absolute atomic E-state index is 0.00333. The number of hydrogen-bond donors (Lipinski definition) is 1. The third kappa shape index (κ3) is 3.58. The maximum Gasteiger partial charge on any atom is 0.126 e. The first-order valence-corrected chi connectivity index (χ1v) is 6.47. The summed E-state index contributed by atoms with van der Waals surface area (Å²) in [5.74, 6) is 0.560. The number of benzene rings is 1. The smallest absolute Gasteiger partial charge is 0.126 e. The summed E-state index contributed by atoms with van der Waals surface area (Å²) in [5, 5.41) is 3.34. The second-order valence-corrected chi connectivity index (χ2v) is 4.43. The summed E-state index contributed by atoms with van der Waals surface area (Å²) >= 11 is 0. The topological polar surface area (TPSA) is 37.8 Å². The van der Waals surface area contributed by atoms with E-state index in [1.165, 1.54) is 6.07 Å². The highest BCUT2D eigenvalue weighted by molar-refractivity contribution is 5.21. The monoisotopic (exact) mass is 259 g/mol. The molecule has 0 aliphatic rings. The highest BCUT2D eigenvalue weighted by Crippen LogP contribution is 2.18. The molecule has 0 saturated heterocycles. The van der Waals surface area contributed by atoms with Crippen LogP contribution in [0.1, 0.15) is 30.0 Å². The van der Waals surface area contributed by atoms with E-state index >= 15 is 0 Å². The van der Waals surface area contributed by atoms with E-state index in [0.717, 1.165) is 18.1 Å². The second kappa shape index (κ2) is 6.38. The summed E-state index contributed by atoms with van der Waals surface area (Å²) < 4.78 is 13.7. The quantitative estimate of drug-likeness (QED) is 0.897. The van der Waals surface area contributed by atoms with Crippen molar-refractivity contribution in [3.8, 4) is 0 Å². The van der Waals surface area contributed by atoms with E-state index < -0.39 is 0 Å². The summed E-state index contributed by atoms with van der Waals surface area (Å²) in [7, 11) is 0. The van der Waals surface area contributed by atoms with Crippen molar-refractivity contribution < 1.29 is 4.39 Å². The van der Waals surface area contributed by atoms with Crippen LogP contribution in [-0.2, 0) is 6.42 Å². The lowest BCUT2D eigenvalue weighted by Crippen LogP contribution is -2.24. The van der Waals surface area contributed by atoms with Gasteiger partial charge in [0.25, 0.3) is 0 Å². The largest absolute Gasteiger partial charge is 0.309 e. The number of hydrogen-bond acceptors (Lipinski definition) is 3. The molecular formula is C15H18FN3. The molecule has 0 spiro atoms. The zero-order chi connectivity index (χ0) is 13.7. The predicted octanol–water partition coefficient (Wildman–Crippen LogP) is 2.82. The average molecular weight is 259 g/mol. The summed E-state index contributed by atoms with van der Waals surface area (Å²) in [6.07, 6.45) is 2.32. The van der Waals surface area contributed by atoms with Crippen molar-refractivity contribution in [3.05, 3.63) is 59.4 Å². The molecule has 1 aromatic heterocycles. The van der Waals surface area contributed by atoms with Crippen LogP contribution in [0.4, 0.5) is 4.39 Å². The van der Waals surface area contributed by atoms with Crippen molar-refractivity contribution in [2.45, 2.75) is 26.3 Å². The Bertz CT molecular complexity index is 542. The molecule has 3 nitrogen and oxygen atoms in total. The molecule has 0 saturated carbocycles. The van der Waals surface area contributed by atoms with Gasteiger partial charge in [0, 0.05) is 6.20 Å².